The van der Waals surface area contributed by atoms with Crippen LogP contribution in [0.3, 0.4) is 0 Å². The van der Waals surface area contributed by atoms with Gasteiger partial charge in [0, 0.05) is 24.5 Å². The molecule has 1 aromatic carbocycles. The van der Waals surface area contributed by atoms with Crippen LogP contribution in [0.5, 0.6) is 0 Å². The molecule has 1 aliphatic heterocycles. The number of amides is 1. The highest BCUT2D eigenvalue weighted by Crippen LogP contribution is 2.24. The van der Waals surface area contributed by atoms with E-state index < -0.39 is 15.7 Å². The van der Waals surface area contributed by atoms with Gasteiger partial charge in [-0.2, -0.15) is 5.26 Å². The summed E-state index contributed by atoms with van der Waals surface area (Å²) >= 11 is 0. The normalized spacial score (nSPS) is 18.7. The molecule has 1 unspecified atom stereocenters. The molecule has 7 heteroatoms. The van der Waals surface area contributed by atoms with E-state index in [-0.39, 0.29) is 23.1 Å². The van der Waals surface area contributed by atoms with Crippen molar-refractivity contribution in [1.29, 1.82) is 5.26 Å². The van der Waals surface area contributed by atoms with Crippen LogP contribution in [0.15, 0.2) is 30.0 Å². The molecule has 2 rings (SSSR count). The van der Waals surface area contributed by atoms with E-state index >= 15 is 0 Å². The number of nitrogens with one attached hydrogen (secondary N) is 1. The second-order valence-electron chi connectivity index (χ2n) is 6.65. The highest BCUT2D eigenvalue weighted by atomic mass is 32.2. The van der Waals surface area contributed by atoms with Gasteiger partial charge in [0.25, 0.3) is 5.91 Å². The molecule has 1 amide bonds. The van der Waals surface area contributed by atoms with Crippen LogP contribution in [0.25, 0.3) is 0 Å². The number of benzene rings is 1. The fourth-order valence-corrected chi connectivity index (χ4v) is 5.12. The highest BCUT2D eigenvalue weighted by molar-refractivity contribution is 7.91. The zero-order chi connectivity index (χ0) is 20.0. The van der Waals surface area contributed by atoms with E-state index in [0.29, 0.717) is 13.0 Å². The lowest BCUT2D eigenvalue weighted by Crippen LogP contribution is -2.32. The zero-order valence-corrected chi connectivity index (χ0v) is 17.0. The summed E-state index contributed by atoms with van der Waals surface area (Å²) in [5, 5.41) is 12.4. The van der Waals surface area contributed by atoms with Crippen LogP contribution in [0.4, 0.5) is 5.69 Å². The Balaban J connectivity index is 2.26. The first-order valence-electron chi connectivity index (χ1n) is 9.35. The minimum absolute atomic E-state index is 0.0193. The van der Waals surface area contributed by atoms with Crippen molar-refractivity contribution < 1.29 is 13.2 Å². The van der Waals surface area contributed by atoms with Gasteiger partial charge in [0.1, 0.15) is 11.6 Å². The predicted molar refractivity (Wildman–Crippen MR) is 107 cm³/mol. The number of nitriles is 1. The molecular weight excluding hydrogens is 362 g/mol. The molecule has 0 aromatic heterocycles. The van der Waals surface area contributed by atoms with Crippen molar-refractivity contribution in [2.45, 2.75) is 46.1 Å². The Bertz CT molecular complexity index is 847. The van der Waals surface area contributed by atoms with Crippen molar-refractivity contribution in [1.82, 2.24) is 4.90 Å². The van der Waals surface area contributed by atoms with Gasteiger partial charge < -0.3 is 10.2 Å². The Hall–Kier alpha value is -2.33. The molecule has 1 heterocycles. The Morgan fingerprint density at radius 2 is 1.93 bits per heavy atom. The van der Waals surface area contributed by atoms with Gasteiger partial charge in [0.15, 0.2) is 9.84 Å². The van der Waals surface area contributed by atoms with Gasteiger partial charge in [0.2, 0.25) is 0 Å². The average molecular weight is 390 g/mol. The third-order valence-corrected chi connectivity index (χ3v) is 6.69. The van der Waals surface area contributed by atoms with E-state index in [4.69, 9.17) is 0 Å². The van der Waals surface area contributed by atoms with E-state index in [1.54, 1.807) is 4.90 Å². The summed E-state index contributed by atoms with van der Waals surface area (Å²) in [6.45, 7) is 6.45. The van der Waals surface area contributed by atoms with Crippen molar-refractivity contribution in [3.63, 3.8) is 0 Å². The molecule has 1 saturated heterocycles. The number of rotatable bonds is 7. The van der Waals surface area contributed by atoms with Gasteiger partial charge >= 0.3 is 0 Å². The summed E-state index contributed by atoms with van der Waals surface area (Å²) in [7, 11) is -3.03. The first-order chi connectivity index (χ1) is 12.8. The molecule has 0 aliphatic carbocycles. The monoisotopic (exact) mass is 389 g/mol. The maximum Gasteiger partial charge on any atom is 0.267 e. The van der Waals surface area contributed by atoms with Crippen molar-refractivity contribution in [2.24, 2.45) is 0 Å². The average Bonchev–Trinajstić information content (AvgIpc) is 3.02. The number of carbonyl (C=O) groups excluding carboxylic acids is 1. The van der Waals surface area contributed by atoms with Crippen LogP contribution in [0.1, 0.15) is 38.3 Å². The summed E-state index contributed by atoms with van der Waals surface area (Å²) in [5.74, 6) is -0.247. The second kappa shape index (κ2) is 9.05. The van der Waals surface area contributed by atoms with Gasteiger partial charge in [-0.1, -0.05) is 32.0 Å². The summed E-state index contributed by atoms with van der Waals surface area (Å²) in [6, 6.07) is 7.67. The van der Waals surface area contributed by atoms with Gasteiger partial charge in [-0.05, 0) is 37.3 Å². The number of nitrogens with zero attached hydrogens (tertiary/aromatic N) is 2. The first-order valence-corrected chi connectivity index (χ1v) is 11.2. The first kappa shape index (κ1) is 21.0. The SMILES string of the molecule is CCc1cccc(CC)c1NC(=O)/C(C#N)=C\N(CC)C1CCS(=O)(=O)C1. The summed E-state index contributed by atoms with van der Waals surface area (Å²) in [4.78, 5) is 14.5. The lowest BCUT2D eigenvalue weighted by molar-refractivity contribution is -0.112. The summed E-state index contributed by atoms with van der Waals surface area (Å²) < 4.78 is 23.5. The molecule has 27 heavy (non-hydrogen) atoms. The van der Waals surface area contributed by atoms with Crippen molar-refractivity contribution in [3.8, 4) is 6.07 Å². The predicted octanol–water partition coefficient (Wildman–Crippen LogP) is 2.67. The Morgan fingerprint density at radius 1 is 1.30 bits per heavy atom. The molecular formula is C20H27N3O3S. The summed E-state index contributed by atoms with van der Waals surface area (Å²) in [5.41, 5.74) is 2.79. The van der Waals surface area contributed by atoms with E-state index in [1.807, 2.05) is 45.0 Å². The molecule has 6 nitrogen and oxygen atoms in total. The lowest BCUT2D eigenvalue weighted by atomic mass is 10.0. The number of hydrogen-bond donors (Lipinski definition) is 1. The Morgan fingerprint density at radius 3 is 2.37 bits per heavy atom. The molecule has 1 aromatic rings. The fraction of sp³-hybridized carbons (Fsp3) is 0.500. The minimum atomic E-state index is -3.03. The van der Waals surface area contributed by atoms with Crippen molar-refractivity contribution >= 4 is 21.4 Å². The van der Waals surface area contributed by atoms with E-state index in [0.717, 1.165) is 29.7 Å². The molecule has 0 bridgehead atoms. The van der Waals surface area contributed by atoms with Gasteiger partial charge in [-0.3, -0.25) is 4.79 Å². The number of aryl methyl sites for hydroxylation is 2. The topological polar surface area (TPSA) is 90.3 Å². The van der Waals surface area contributed by atoms with Crippen LogP contribution in [0.2, 0.25) is 0 Å². The quantitative estimate of drug-likeness (QED) is 0.572. The third kappa shape index (κ3) is 5.10. The molecule has 1 N–H and O–H groups in total. The molecule has 1 fully saturated rings. The third-order valence-electron chi connectivity index (χ3n) is 4.94. The van der Waals surface area contributed by atoms with Crippen LogP contribution < -0.4 is 5.32 Å². The van der Waals surface area contributed by atoms with Crippen LogP contribution in [0, 0.1) is 11.3 Å². The molecule has 1 aliphatic rings. The van der Waals surface area contributed by atoms with Crippen LogP contribution >= 0.6 is 0 Å². The molecule has 0 radical (unpaired) electrons. The number of carbonyl (C=O) groups is 1. The smallest absolute Gasteiger partial charge is 0.267 e. The van der Waals surface area contributed by atoms with E-state index in [9.17, 15) is 18.5 Å². The highest BCUT2D eigenvalue weighted by Gasteiger charge is 2.31. The largest absolute Gasteiger partial charge is 0.372 e. The summed E-state index contributed by atoms with van der Waals surface area (Å²) in [6.07, 6.45) is 3.57. The van der Waals surface area contributed by atoms with Gasteiger partial charge in [-0.15, -0.1) is 0 Å². The van der Waals surface area contributed by atoms with Crippen molar-refractivity contribution in [2.75, 3.05) is 23.4 Å². The number of anilines is 1. The van der Waals surface area contributed by atoms with Crippen LogP contribution in [-0.4, -0.2) is 43.3 Å². The fourth-order valence-electron chi connectivity index (χ4n) is 3.38. The zero-order valence-electron chi connectivity index (χ0n) is 16.2. The molecule has 1 atom stereocenters. The maximum absolute atomic E-state index is 12.7. The Kier molecular flexibility index (Phi) is 7.03. The number of para-hydroxylation sites is 1. The number of hydrogen-bond acceptors (Lipinski definition) is 5. The van der Waals surface area contributed by atoms with Gasteiger partial charge in [0.05, 0.1) is 11.5 Å². The second-order valence-corrected chi connectivity index (χ2v) is 8.88. The molecule has 0 spiro atoms. The van der Waals surface area contributed by atoms with Crippen molar-refractivity contribution in [3.05, 3.63) is 41.1 Å². The maximum atomic E-state index is 12.7. The molecule has 146 valence electrons. The standard InChI is InChI=1S/C20H27N3O3S/c1-4-15-8-7-9-16(5-2)19(15)22-20(24)17(12-21)13-23(6-3)18-10-11-27(25,26)14-18/h7-9,13,18H,4-6,10-11,14H2,1-3H3,(H,22,24)/b17-13-. The Labute approximate surface area is 161 Å². The number of sulfone groups is 1. The minimum Gasteiger partial charge on any atom is -0.372 e. The van der Waals surface area contributed by atoms with E-state index in [1.165, 1.54) is 6.20 Å². The van der Waals surface area contributed by atoms with E-state index in [2.05, 4.69) is 5.32 Å². The lowest BCUT2D eigenvalue weighted by Gasteiger charge is -2.25. The molecule has 0 saturated carbocycles. The van der Waals surface area contributed by atoms with Gasteiger partial charge in [-0.25, -0.2) is 8.42 Å². The van der Waals surface area contributed by atoms with Crippen LogP contribution in [-0.2, 0) is 27.5 Å².